The number of piperidine rings is 1. The summed E-state index contributed by atoms with van der Waals surface area (Å²) >= 11 is 3.45. The molecule has 1 saturated heterocycles. The highest BCUT2D eigenvalue weighted by molar-refractivity contribution is 9.09. The SMILES string of the molecule is Cc1cc(F)ccc1C(=O)N1CCCCC1CCBr. The van der Waals surface area contributed by atoms with E-state index < -0.39 is 0 Å². The average Bonchev–Trinajstić information content (AvgIpc) is 2.39. The summed E-state index contributed by atoms with van der Waals surface area (Å²) in [5, 5.41) is 0.907. The van der Waals surface area contributed by atoms with Crippen molar-refractivity contribution in [1.29, 1.82) is 0 Å². The molecular weight excluding hydrogens is 309 g/mol. The topological polar surface area (TPSA) is 20.3 Å². The Morgan fingerprint density at radius 3 is 2.95 bits per heavy atom. The molecule has 0 aliphatic carbocycles. The zero-order chi connectivity index (χ0) is 13.8. The molecule has 1 atom stereocenters. The fraction of sp³-hybridized carbons (Fsp3) is 0.533. The number of benzene rings is 1. The summed E-state index contributed by atoms with van der Waals surface area (Å²) in [6.07, 6.45) is 4.29. The molecule has 1 unspecified atom stereocenters. The van der Waals surface area contributed by atoms with Crippen LogP contribution < -0.4 is 0 Å². The van der Waals surface area contributed by atoms with Gasteiger partial charge in [0.2, 0.25) is 0 Å². The van der Waals surface area contributed by atoms with E-state index in [4.69, 9.17) is 0 Å². The first-order chi connectivity index (χ1) is 9.13. The molecule has 0 N–H and O–H groups in total. The van der Waals surface area contributed by atoms with Crippen molar-refractivity contribution >= 4 is 21.8 Å². The number of likely N-dealkylation sites (tertiary alicyclic amines) is 1. The van der Waals surface area contributed by atoms with Crippen molar-refractivity contribution in [1.82, 2.24) is 4.90 Å². The van der Waals surface area contributed by atoms with E-state index in [-0.39, 0.29) is 11.7 Å². The van der Waals surface area contributed by atoms with Crippen molar-refractivity contribution in [3.63, 3.8) is 0 Å². The van der Waals surface area contributed by atoms with Crippen molar-refractivity contribution in [2.45, 2.75) is 38.6 Å². The van der Waals surface area contributed by atoms with Gasteiger partial charge in [-0.3, -0.25) is 4.79 Å². The molecule has 0 bridgehead atoms. The Hall–Kier alpha value is -0.900. The zero-order valence-electron chi connectivity index (χ0n) is 11.2. The normalized spacial score (nSPS) is 19.5. The van der Waals surface area contributed by atoms with Gasteiger partial charge >= 0.3 is 0 Å². The molecule has 19 heavy (non-hydrogen) atoms. The van der Waals surface area contributed by atoms with Crippen molar-refractivity contribution in [3.8, 4) is 0 Å². The molecule has 0 spiro atoms. The van der Waals surface area contributed by atoms with Crippen LogP contribution in [0.3, 0.4) is 0 Å². The minimum absolute atomic E-state index is 0.0446. The van der Waals surface area contributed by atoms with Crippen molar-refractivity contribution in [2.75, 3.05) is 11.9 Å². The van der Waals surface area contributed by atoms with Gasteiger partial charge in [-0.2, -0.15) is 0 Å². The van der Waals surface area contributed by atoms with Gasteiger partial charge in [-0.1, -0.05) is 15.9 Å². The first-order valence-electron chi connectivity index (χ1n) is 6.76. The van der Waals surface area contributed by atoms with Crippen LogP contribution in [0.1, 0.15) is 41.6 Å². The third kappa shape index (κ3) is 3.35. The lowest BCUT2D eigenvalue weighted by Crippen LogP contribution is -2.44. The maximum Gasteiger partial charge on any atom is 0.254 e. The summed E-state index contributed by atoms with van der Waals surface area (Å²) in [6, 6.07) is 4.71. The standard InChI is InChI=1S/C15H19BrFNO/c1-11-10-12(17)5-6-14(11)15(19)18-9-3-2-4-13(18)7-8-16/h5-6,10,13H,2-4,7-9H2,1H3. The number of carbonyl (C=O) groups excluding carboxylic acids is 1. The molecule has 1 aliphatic rings. The van der Waals surface area contributed by atoms with E-state index in [1.165, 1.54) is 18.6 Å². The molecule has 4 heteroatoms. The second kappa shape index (κ2) is 6.51. The van der Waals surface area contributed by atoms with Gasteiger partial charge in [0.05, 0.1) is 0 Å². The van der Waals surface area contributed by atoms with E-state index in [0.29, 0.717) is 17.2 Å². The van der Waals surface area contributed by atoms with Gasteiger partial charge in [0.15, 0.2) is 0 Å². The number of alkyl halides is 1. The molecule has 1 heterocycles. The maximum atomic E-state index is 13.1. The third-order valence-corrected chi connectivity index (χ3v) is 4.21. The summed E-state index contributed by atoms with van der Waals surface area (Å²) in [7, 11) is 0. The monoisotopic (exact) mass is 327 g/mol. The van der Waals surface area contributed by atoms with Crippen LogP contribution in [0, 0.1) is 12.7 Å². The second-order valence-corrected chi connectivity index (χ2v) is 5.88. The molecule has 1 aliphatic heterocycles. The third-order valence-electron chi connectivity index (χ3n) is 3.75. The van der Waals surface area contributed by atoms with E-state index >= 15 is 0 Å². The minimum atomic E-state index is -0.287. The molecule has 1 amide bonds. The molecule has 1 fully saturated rings. The number of hydrogen-bond donors (Lipinski definition) is 0. The Bertz CT molecular complexity index is 461. The van der Waals surface area contributed by atoms with Gasteiger partial charge in [0.1, 0.15) is 5.82 Å². The second-order valence-electron chi connectivity index (χ2n) is 5.09. The molecule has 0 radical (unpaired) electrons. The van der Waals surface area contributed by atoms with Gasteiger partial charge in [-0.15, -0.1) is 0 Å². The quantitative estimate of drug-likeness (QED) is 0.771. The summed E-state index contributed by atoms with van der Waals surface area (Å²) in [6.45, 7) is 2.60. The molecule has 2 rings (SSSR count). The highest BCUT2D eigenvalue weighted by Gasteiger charge is 2.27. The Kier molecular flexibility index (Phi) is 4.97. The molecule has 104 valence electrons. The Morgan fingerprint density at radius 2 is 2.26 bits per heavy atom. The largest absolute Gasteiger partial charge is 0.336 e. The summed E-state index contributed by atoms with van der Waals surface area (Å²) in [4.78, 5) is 14.6. The van der Waals surface area contributed by atoms with Gasteiger partial charge in [-0.25, -0.2) is 4.39 Å². The highest BCUT2D eigenvalue weighted by atomic mass is 79.9. The fourth-order valence-corrected chi connectivity index (χ4v) is 3.24. The van der Waals surface area contributed by atoms with E-state index in [1.54, 1.807) is 13.0 Å². The van der Waals surface area contributed by atoms with E-state index in [1.807, 2.05) is 4.90 Å². The first kappa shape index (κ1) is 14.5. The number of nitrogens with zero attached hydrogens (tertiary/aromatic N) is 1. The van der Waals surface area contributed by atoms with Crippen molar-refractivity contribution in [2.24, 2.45) is 0 Å². The molecular formula is C15H19BrFNO. The highest BCUT2D eigenvalue weighted by Crippen LogP contribution is 2.23. The zero-order valence-corrected chi connectivity index (χ0v) is 12.7. The van der Waals surface area contributed by atoms with Crippen LogP contribution >= 0.6 is 15.9 Å². The fourth-order valence-electron chi connectivity index (χ4n) is 2.72. The Morgan fingerprint density at radius 1 is 1.47 bits per heavy atom. The minimum Gasteiger partial charge on any atom is -0.336 e. The number of aryl methyl sites for hydroxylation is 1. The number of amides is 1. The predicted molar refractivity (Wildman–Crippen MR) is 78.2 cm³/mol. The number of hydrogen-bond acceptors (Lipinski definition) is 1. The number of halogens is 2. The Balaban J connectivity index is 2.21. The first-order valence-corrected chi connectivity index (χ1v) is 7.88. The maximum absolute atomic E-state index is 13.1. The van der Waals surface area contributed by atoms with E-state index in [9.17, 15) is 9.18 Å². The lowest BCUT2D eigenvalue weighted by molar-refractivity contribution is 0.0609. The summed E-state index contributed by atoms with van der Waals surface area (Å²) in [5.74, 6) is -0.243. The van der Waals surface area contributed by atoms with Gasteiger partial charge in [0.25, 0.3) is 5.91 Å². The number of rotatable bonds is 3. The van der Waals surface area contributed by atoms with Crippen LogP contribution in [0.25, 0.3) is 0 Å². The molecule has 0 saturated carbocycles. The molecule has 1 aromatic rings. The van der Waals surface area contributed by atoms with Crippen LogP contribution in [0.2, 0.25) is 0 Å². The van der Waals surface area contributed by atoms with Crippen LogP contribution in [0.15, 0.2) is 18.2 Å². The smallest absolute Gasteiger partial charge is 0.254 e. The lowest BCUT2D eigenvalue weighted by Gasteiger charge is -2.36. The molecule has 1 aromatic carbocycles. The van der Waals surface area contributed by atoms with Crippen LogP contribution in [0.5, 0.6) is 0 Å². The summed E-state index contributed by atoms with van der Waals surface area (Å²) in [5.41, 5.74) is 1.34. The van der Waals surface area contributed by atoms with Crippen LogP contribution in [-0.2, 0) is 0 Å². The Labute approximate surface area is 122 Å². The predicted octanol–water partition coefficient (Wildman–Crippen LogP) is 3.91. The van der Waals surface area contributed by atoms with E-state index in [2.05, 4.69) is 15.9 Å². The van der Waals surface area contributed by atoms with Crippen molar-refractivity contribution in [3.05, 3.63) is 35.1 Å². The van der Waals surface area contributed by atoms with Crippen LogP contribution in [0.4, 0.5) is 4.39 Å². The van der Waals surface area contributed by atoms with Crippen molar-refractivity contribution < 1.29 is 9.18 Å². The van der Waals surface area contributed by atoms with E-state index in [0.717, 1.165) is 31.1 Å². The lowest BCUT2D eigenvalue weighted by atomic mass is 9.98. The molecule has 2 nitrogen and oxygen atoms in total. The average molecular weight is 328 g/mol. The van der Waals surface area contributed by atoms with Gasteiger partial charge < -0.3 is 4.90 Å². The summed E-state index contributed by atoms with van der Waals surface area (Å²) < 4.78 is 13.1. The number of carbonyl (C=O) groups is 1. The van der Waals surface area contributed by atoms with Gasteiger partial charge in [0, 0.05) is 23.5 Å². The van der Waals surface area contributed by atoms with Crippen LogP contribution in [-0.4, -0.2) is 28.7 Å². The molecule has 0 aromatic heterocycles. The van der Waals surface area contributed by atoms with Gasteiger partial charge in [-0.05, 0) is 56.4 Å².